The molecule has 9 heteroatoms. The van der Waals surface area contributed by atoms with Crippen molar-refractivity contribution in [3.63, 3.8) is 0 Å². The molecule has 1 fully saturated rings. The third-order valence-corrected chi connectivity index (χ3v) is 4.89. The molecule has 2 aromatic rings. The molecule has 0 unspecified atom stereocenters. The quantitative estimate of drug-likeness (QED) is 0.791. The second-order valence-corrected chi connectivity index (χ2v) is 6.82. The zero-order chi connectivity index (χ0) is 20.3. The van der Waals surface area contributed by atoms with Crippen LogP contribution in [0.3, 0.4) is 0 Å². The molecule has 0 bridgehead atoms. The largest absolute Gasteiger partial charge is 0.478 e. The highest BCUT2D eigenvalue weighted by Crippen LogP contribution is 2.16. The normalized spacial score (nSPS) is 14.8. The van der Waals surface area contributed by atoms with E-state index in [0.717, 1.165) is 4.57 Å². The molecule has 0 radical (unpaired) electrons. The van der Waals surface area contributed by atoms with Crippen molar-refractivity contribution >= 4 is 11.6 Å². The number of amides is 1. The number of anilines is 1. The van der Waals surface area contributed by atoms with Crippen molar-refractivity contribution in [2.45, 2.75) is 25.8 Å². The molecule has 3 rings (SSSR count). The van der Waals surface area contributed by atoms with E-state index in [1.807, 2.05) is 11.8 Å². The Balaban J connectivity index is 1.61. The summed E-state index contributed by atoms with van der Waals surface area (Å²) in [6.45, 7) is 3.65. The maximum Gasteiger partial charge on any atom is 0.330 e. The molecule has 1 aliphatic rings. The van der Waals surface area contributed by atoms with Crippen LogP contribution in [-0.4, -0.2) is 45.8 Å². The van der Waals surface area contributed by atoms with Gasteiger partial charge in [-0.1, -0.05) is 0 Å². The first-order valence-electron chi connectivity index (χ1n) is 9.32. The van der Waals surface area contributed by atoms with Gasteiger partial charge in [0.1, 0.15) is 5.69 Å². The number of carbonyl (C=O) groups is 1. The second-order valence-electron chi connectivity index (χ2n) is 6.82. The summed E-state index contributed by atoms with van der Waals surface area (Å²) in [6, 6.07) is 3.39. The van der Waals surface area contributed by atoms with Gasteiger partial charge in [0.05, 0.1) is 12.2 Å². The Hall–Kier alpha value is -3.10. The molecule has 1 N–H and O–H groups in total. The van der Waals surface area contributed by atoms with Gasteiger partial charge in [0, 0.05) is 51.7 Å². The summed E-state index contributed by atoms with van der Waals surface area (Å²) < 4.78 is 7.80. The number of aromatic nitrogens is 3. The highest BCUT2D eigenvalue weighted by Gasteiger charge is 2.24. The molecule has 0 saturated carbocycles. The summed E-state index contributed by atoms with van der Waals surface area (Å²) >= 11 is 0. The van der Waals surface area contributed by atoms with Gasteiger partial charge in [0.2, 0.25) is 5.88 Å². The lowest BCUT2D eigenvalue weighted by atomic mass is 10.0. The number of hydrogen-bond donors (Lipinski definition) is 1. The molecule has 1 aliphatic heterocycles. The van der Waals surface area contributed by atoms with Crippen LogP contribution in [-0.2, 0) is 14.1 Å². The highest BCUT2D eigenvalue weighted by atomic mass is 16.5. The lowest BCUT2D eigenvalue weighted by molar-refractivity contribution is 0.0930. The summed E-state index contributed by atoms with van der Waals surface area (Å²) in [5.74, 6) is 0.318. The number of rotatable bonds is 5. The van der Waals surface area contributed by atoms with Crippen molar-refractivity contribution in [1.29, 1.82) is 0 Å². The van der Waals surface area contributed by atoms with Gasteiger partial charge >= 0.3 is 5.69 Å². The molecular weight excluding hydrogens is 362 g/mol. The molecule has 150 valence electrons. The number of pyridine rings is 1. The Kier molecular flexibility index (Phi) is 5.81. The van der Waals surface area contributed by atoms with Crippen LogP contribution in [0.15, 0.2) is 34.1 Å². The van der Waals surface area contributed by atoms with Gasteiger partial charge in [0.15, 0.2) is 0 Å². The average molecular weight is 387 g/mol. The first-order chi connectivity index (χ1) is 13.4. The topological polar surface area (TPSA) is 98.5 Å². The van der Waals surface area contributed by atoms with Crippen molar-refractivity contribution in [1.82, 2.24) is 19.4 Å². The second kappa shape index (κ2) is 8.28. The predicted molar refractivity (Wildman–Crippen MR) is 105 cm³/mol. The fraction of sp³-hybridized carbons (Fsp3) is 0.474. The maximum atomic E-state index is 12.4. The van der Waals surface area contributed by atoms with Crippen LogP contribution in [0.2, 0.25) is 0 Å². The number of aryl methyl sites for hydroxylation is 1. The molecule has 9 nitrogen and oxygen atoms in total. The smallest absolute Gasteiger partial charge is 0.330 e. The summed E-state index contributed by atoms with van der Waals surface area (Å²) in [6.07, 6.45) is 4.50. The Morgan fingerprint density at radius 2 is 1.96 bits per heavy atom. The van der Waals surface area contributed by atoms with Gasteiger partial charge in [0.25, 0.3) is 11.5 Å². The first-order valence-corrected chi connectivity index (χ1v) is 9.32. The highest BCUT2D eigenvalue weighted by molar-refractivity contribution is 5.94. The molecule has 0 atom stereocenters. The molecule has 1 saturated heterocycles. The van der Waals surface area contributed by atoms with E-state index >= 15 is 0 Å². The number of piperidine rings is 1. The predicted octanol–water partition coefficient (Wildman–Crippen LogP) is 0.277. The van der Waals surface area contributed by atoms with E-state index in [1.54, 1.807) is 25.4 Å². The third kappa shape index (κ3) is 4.08. The molecule has 3 heterocycles. The molecule has 0 spiro atoms. The van der Waals surface area contributed by atoms with Crippen LogP contribution in [0, 0.1) is 0 Å². The summed E-state index contributed by atoms with van der Waals surface area (Å²) in [4.78, 5) is 42.7. The van der Waals surface area contributed by atoms with Gasteiger partial charge in [-0.25, -0.2) is 9.78 Å². The zero-order valence-corrected chi connectivity index (χ0v) is 16.3. The van der Waals surface area contributed by atoms with E-state index in [0.29, 0.717) is 49.7 Å². The third-order valence-electron chi connectivity index (χ3n) is 4.89. The maximum absolute atomic E-state index is 12.4. The van der Waals surface area contributed by atoms with Crippen molar-refractivity contribution in [2.24, 2.45) is 14.1 Å². The van der Waals surface area contributed by atoms with E-state index in [4.69, 9.17) is 4.74 Å². The van der Waals surface area contributed by atoms with Gasteiger partial charge in [-0.3, -0.25) is 14.2 Å². The van der Waals surface area contributed by atoms with E-state index < -0.39 is 0 Å². The van der Waals surface area contributed by atoms with Crippen LogP contribution in [0.1, 0.15) is 30.1 Å². The van der Waals surface area contributed by atoms with Crippen LogP contribution >= 0.6 is 0 Å². The Labute approximate surface area is 162 Å². The molecule has 28 heavy (non-hydrogen) atoms. The van der Waals surface area contributed by atoms with Crippen molar-refractivity contribution in [2.75, 3.05) is 24.6 Å². The van der Waals surface area contributed by atoms with Crippen LogP contribution in [0.4, 0.5) is 5.69 Å². The van der Waals surface area contributed by atoms with E-state index in [9.17, 15) is 14.4 Å². The lowest BCUT2D eigenvalue weighted by Gasteiger charge is -2.33. The van der Waals surface area contributed by atoms with Gasteiger partial charge < -0.3 is 19.5 Å². The SMILES string of the molecule is CCOc1ccc(C(=O)NC2CCN(c3cn(C)c(=O)n(C)c3=O)CC2)cn1. The van der Waals surface area contributed by atoms with E-state index in [1.165, 1.54) is 17.8 Å². The Morgan fingerprint density at radius 3 is 2.57 bits per heavy atom. The minimum Gasteiger partial charge on any atom is -0.478 e. The minimum absolute atomic E-state index is 0.0201. The van der Waals surface area contributed by atoms with Crippen LogP contribution < -0.4 is 26.2 Å². The summed E-state index contributed by atoms with van der Waals surface area (Å²) in [5, 5.41) is 3.02. The van der Waals surface area contributed by atoms with Gasteiger partial charge in [-0.05, 0) is 25.8 Å². The fourth-order valence-electron chi connectivity index (χ4n) is 3.29. The number of nitrogens with zero attached hydrogens (tertiary/aromatic N) is 4. The average Bonchev–Trinajstić information content (AvgIpc) is 2.70. The summed E-state index contributed by atoms with van der Waals surface area (Å²) in [5.41, 5.74) is 0.341. The van der Waals surface area contributed by atoms with E-state index in [-0.39, 0.29) is 23.2 Å². The standard InChI is InChI=1S/C19H25N5O4/c1-4-28-16-6-5-13(11-20-16)17(25)21-14-7-9-24(10-8-14)15-12-22(2)19(27)23(3)18(15)26/h5-6,11-12,14H,4,7-10H2,1-3H3,(H,21,25). The van der Waals surface area contributed by atoms with Gasteiger partial charge in [-0.15, -0.1) is 0 Å². The monoisotopic (exact) mass is 387 g/mol. The molecule has 1 amide bonds. The number of carbonyl (C=O) groups excluding carboxylic acids is 1. The Bertz CT molecular complexity index is 956. The molecule has 0 aliphatic carbocycles. The van der Waals surface area contributed by atoms with Crippen LogP contribution in [0.5, 0.6) is 5.88 Å². The fourth-order valence-corrected chi connectivity index (χ4v) is 3.29. The number of hydrogen-bond acceptors (Lipinski definition) is 6. The molecule has 0 aromatic carbocycles. The number of ether oxygens (including phenoxy) is 1. The first kappa shape index (κ1) is 19.7. The van der Waals surface area contributed by atoms with Crippen molar-refractivity contribution < 1.29 is 9.53 Å². The summed E-state index contributed by atoms with van der Waals surface area (Å²) in [7, 11) is 3.11. The van der Waals surface area contributed by atoms with E-state index in [2.05, 4.69) is 10.3 Å². The molecule has 2 aromatic heterocycles. The van der Waals surface area contributed by atoms with Crippen molar-refractivity contribution in [3.05, 3.63) is 50.9 Å². The minimum atomic E-state index is -0.347. The lowest BCUT2D eigenvalue weighted by Crippen LogP contribution is -2.47. The zero-order valence-electron chi connectivity index (χ0n) is 16.3. The Morgan fingerprint density at radius 1 is 1.25 bits per heavy atom. The van der Waals surface area contributed by atoms with Crippen LogP contribution in [0.25, 0.3) is 0 Å². The molecular formula is C19H25N5O4. The van der Waals surface area contributed by atoms with Crippen molar-refractivity contribution in [3.8, 4) is 5.88 Å². The van der Waals surface area contributed by atoms with Gasteiger partial charge in [-0.2, -0.15) is 0 Å². The number of nitrogens with one attached hydrogen (secondary N) is 1.